The van der Waals surface area contributed by atoms with Gasteiger partial charge >= 0.3 is 103 Å². The normalized spacial score (nSPS) is 11.5. The molecule has 0 heterocycles. The molecular formula is C27H20Br2K2O4. The van der Waals surface area contributed by atoms with E-state index in [2.05, 4.69) is 117 Å². The summed E-state index contributed by atoms with van der Waals surface area (Å²) in [6.07, 6.45) is -2.77. The van der Waals surface area contributed by atoms with E-state index < -0.39 is 6.16 Å². The largest absolute Gasteiger partial charge is 1.00 e. The summed E-state index contributed by atoms with van der Waals surface area (Å²) < 4.78 is 8.97. The van der Waals surface area contributed by atoms with Crippen molar-refractivity contribution in [1.29, 1.82) is 0 Å². The Morgan fingerprint density at radius 3 is 1.17 bits per heavy atom. The summed E-state index contributed by atoms with van der Waals surface area (Å²) in [6, 6.07) is 37.3. The minimum atomic E-state index is -2.33. The van der Waals surface area contributed by atoms with E-state index in [4.69, 9.17) is 19.7 Å². The SMILES string of the molecule is Brc1ccccc1C(OC(c1ccccc1)c1ccccc1Br)c1ccccc1.O=C([O-])[O-].[K+].[K+]. The third kappa shape index (κ3) is 10.6. The van der Waals surface area contributed by atoms with Gasteiger partial charge in [0.1, 0.15) is 12.2 Å². The van der Waals surface area contributed by atoms with Crippen LogP contribution in [0.25, 0.3) is 0 Å². The van der Waals surface area contributed by atoms with Gasteiger partial charge in [0.15, 0.2) is 0 Å². The first kappa shape index (κ1) is 33.4. The van der Waals surface area contributed by atoms with Crippen LogP contribution in [0.5, 0.6) is 0 Å². The van der Waals surface area contributed by atoms with Crippen LogP contribution in [-0.4, -0.2) is 6.16 Å². The molecule has 0 bridgehead atoms. The molecule has 0 N–H and O–H groups in total. The molecule has 0 radical (unpaired) electrons. The first-order valence-corrected chi connectivity index (χ1v) is 11.7. The van der Waals surface area contributed by atoms with Gasteiger partial charge in [-0.25, -0.2) is 0 Å². The van der Waals surface area contributed by atoms with Gasteiger partial charge in [-0.05, 0) is 40.5 Å². The van der Waals surface area contributed by atoms with Gasteiger partial charge < -0.3 is 19.7 Å². The molecule has 0 fully saturated rings. The molecule has 2 unspecified atom stereocenters. The second kappa shape index (κ2) is 17.8. The second-order valence-corrected chi connectivity index (χ2v) is 8.72. The van der Waals surface area contributed by atoms with Crippen LogP contribution in [0.4, 0.5) is 4.79 Å². The molecule has 4 aromatic rings. The third-order valence-corrected chi connectivity index (χ3v) is 6.30. The summed E-state index contributed by atoms with van der Waals surface area (Å²) in [4.78, 5) is 8.33. The average molecular weight is 646 g/mol. The Balaban J connectivity index is 0.000000950. The Kier molecular flexibility index (Phi) is 17.0. The van der Waals surface area contributed by atoms with Crippen LogP contribution in [0.1, 0.15) is 34.5 Å². The summed E-state index contributed by atoms with van der Waals surface area (Å²) in [5.41, 5.74) is 4.44. The minimum absolute atomic E-state index is 0. The van der Waals surface area contributed by atoms with Crippen molar-refractivity contribution in [2.24, 2.45) is 0 Å². The predicted octanol–water partition coefficient (Wildman–Crippen LogP) is -0.332. The molecule has 4 rings (SSSR count). The quantitative estimate of drug-likeness (QED) is 0.269. The van der Waals surface area contributed by atoms with Gasteiger partial charge in [-0.15, -0.1) is 0 Å². The smallest absolute Gasteiger partial charge is 0.652 e. The van der Waals surface area contributed by atoms with E-state index in [1.165, 1.54) is 0 Å². The average Bonchev–Trinajstić information content (AvgIpc) is 2.82. The van der Waals surface area contributed by atoms with Crippen molar-refractivity contribution in [3.05, 3.63) is 140 Å². The van der Waals surface area contributed by atoms with Gasteiger partial charge in [0.05, 0.1) is 0 Å². The van der Waals surface area contributed by atoms with Crippen LogP contribution in [0, 0.1) is 0 Å². The van der Waals surface area contributed by atoms with Crippen LogP contribution in [0.2, 0.25) is 0 Å². The molecule has 8 heteroatoms. The molecule has 35 heavy (non-hydrogen) atoms. The molecule has 0 amide bonds. The number of hydrogen-bond acceptors (Lipinski definition) is 4. The zero-order valence-electron chi connectivity index (χ0n) is 19.4. The first-order valence-electron chi connectivity index (χ1n) is 10.1. The van der Waals surface area contributed by atoms with E-state index in [0.29, 0.717) is 0 Å². The molecule has 0 spiro atoms. The topological polar surface area (TPSA) is 72.4 Å². The van der Waals surface area contributed by atoms with Crippen LogP contribution in [-0.2, 0) is 4.74 Å². The number of halogens is 2. The maximum absolute atomic E-state index is 8.33. The molecule has 0 saturated carbocycles. The van der Waals surface area contributed by atoms with Crippen molar-refractivity contribution in [2.75, 3.05) is 0 Å². The monoisotopic (exact) mass is 644 g/mol. The van der Waals surface area contributed by atoms with Crippen molar-refractivity contribution < 1.29 is 123 Å². The Hall–Kier alpha value is 0.343. The van der Waals surface area contributed by atoms with Crippen LogP contribution in [0.15, 0.2) is 118 Å². The summed E-state index contributed by atoms with van der Waals surface area (Å²) in [5.74, 6) is 0. The van der Waals surface area contributed by atoms with E-state index in [-0.39, 0.29) is 115 Å². The van der Waals surface area contributed by atoms with E-state index in [0.717, 1.165) is 31.2 Å². The maximum atomic E-state index is 8.33. The van der Waals surface area contributed by atoms with Gasteiger partial charge in [-0.2, -0.15) is 0 Å². The number of carbonyl (C=O) groups excluding carboxylic acids is 1. The van der Waals surface area contributed by atoms with Crippen LogP contribution >= 0.6 is 31.9 Å². The first-order chi connectivity index (χ1) is 16.0. The van der Waals surface area contributed by atoms with Gasteiger partial charge in [-0.1, -0.05) is 129 Å². The molecule has 0 aliphatic heterocycles. The summed E-state index contributed by atoms with van der Waals surface area (Å²) in [7, 11) is 0. The number of carboxylic acid groups (broad SMARTS) is 2. The summed E-state index contributed by atoms with van der Waals surface area (Å²) in [5, 5.41) is 16.7. The van der Waals surface area contributed by atoms with Crippen LogP contribution < -0.4 is 113 Å². The Labute approximate surface area is 307 Å². The number of carbonyl (C=O) groups is 1. The fraction of sp³-hybridized carbons (Fsp3) is 0.0741. The molecule has 0 saturated heterocycles. The number of ether oxygens (including phenoxy) is 1. The standard InChI is InChI=1S/C26H20Br2O.CH2O3.2K/c27-23-17-9-7-15-21(23)25(19-11-3-1-4-12-19)29-26(20-13-5-2-6-14-20)22-16-8-10-18-24(22)28;2-1(3)4;;/h1-18,25-26H;(H2,2,3,4);;/q;;2*+1/p-2. The maximum Gasteiger partial charge on any atom is 1.00 e. The van der Waals surface area contributed by atoms with Gasteiger partial charge in [0.25, 0.3) is 0 Å². The van der Waals surface area contributed by atoms with Crippen molar-refractivity contribution in [1.82, 2.24) is 0 Å². The Morgan fingerprint density at radius 1 is 0.571 bits per heavy atom. The van der Waals surface area contributed by atoms with E-state index in [9.17, 15) is 0 Å². The summed E-state index contributed by atoms with van der Waals surface area (Å²) >= 11 is 7.44. The van der Waals surface area contributed by atoms with Gasteiger partial charge in [0.2, 0.25) is 0 Å². The van der Waals surface area contributed by atoms with Crippen molar-refractivity contribution in [3.8, 4) is 0 Å². The minimum Gasteiger partial charge on any atom is -0.652 e. The Morgan fingerprint density at radius 2 is 0.857 bits per heavy atom. The molecular weight excluding hydrogens is 626 g/mol. The zero-order chi connectivity index (χ0) is 23.6. The molecule has 4 nitrogen and oxygen atoms in total. The molecule has 2 atom stereocenters. The van der Waals surface area contributed by atoms with E-state index >= 15 is 0 Å². The van der Waals surface area contributed by atoms with Gasteiger partial charge in [-0.3, -0.25) is 0 Å². The molecule has 0 aliphatic rings. The fourth-order valence-electron chi connectivity index (χ4n) is 3.43. The molecule has 0 aliphatic carbocycles. The fourth-order valence-corrected chi connectivity index (χ4v) is 4.42. The van der Waals surface area contributed by atoms with Crippen molar-refractivity contribution in [3.63, 3.8) is 0 Å². The predicted molar refractivity (Wildman–Crippen MR) is 131 cm³/mol. The molecule has 4 aromatic carbocycles. The Bertz CT molecular complexity index is 1090. The number of benzene rings is 4. The van der Waals surface area contributed by atoms with Crippen molar-refractivity contribution >= 4 is 38.0 Å². The van der Waals surface area contributed by atoms with Crippen molar-refractivity contribution in [2.45, 2.75) is 12.2 Å². The number of hydrogen-bond donors (Lipinski definition) is 0. The molecule has 168 valence electrons. The summed E-state index contributed by atoms with van der Waals surface area (Å²) in [6.45, 7) is 0. The van der Waals surface area contributed by atoms with E-state index in [1.54, 1.807) is 0 Å². The van der Waals surface area contributed by atoms with E-state index in [1.807, 2.05) is 24.3 Å². The zero-order valence-corrected chi connectivity index (χ0v) is 28.9. The second-order valence-electron chi connectivity index (χ2n) is 7.01. The number of rotatable bonds is 6. The van der Waals surface area contributed by atoms with Crippen LogP contribution in [0.3, 0.4) is 0 Å². The third-order valence-electron chi connectivity index (χ3n) is 4.85. The van der Waals surface area contributed by atoms with Gasteiger partial charge in [0, 0.05) is 8.95 Å². The molecule has 0 aromatic heterocycles.